The van der Waals surface area contributed by atoms with E-state index in [2.05, 4.69) is 42.5 Å². The predicted molar refractivity (Wildman–Crippen MR) is 198 cm³/mol. The first-order valence-corrected chi connectivity index (χ1v) is 17.3. The Morgan fingerprint density at radius 2 is 1.23 bits per heavy atom. The van der Waals surface area contributed by atoms with Crippen LogP contribution >= 0.6 is 11.8 Å². The highest BCUT2D eigenvalue weighted by Gasteiger charge is 2.24. The van der Waals surface area contributed by atoms with Crippen molar-refractivity contribution in [1.29, 1.82) is 0 Å². The fourth-order valence-electron chi connectivity index (χ4n) is 6.25. The molecular weight excluding hydrogens is 677 g/mol. The molecular formula is C40H26N6O5S. The molecule has 0 aliphatic carbocycles. The first kappa shape index (κ1) is 31.2. The predicted octanol–water partition coefficient (Wildman–Crippen LogP) is 8.05. The third-order valence-electron chi connectivity index (χ3n) is 8.69. The summed E-state index contributed by atoms with van der Waals surface area (Å²) in [6.45, 7) is 0.396. The molecule has 0 amide bonds. The number of fused-ring (bicyclic) bond motifs is 4. The number of H-pyrrole nitrogens is 2. The molecule has 0 unspecified atom stereocenters. The van der Waals surface area contributed by atoms with Gasteiger partial charge in [-0.25, -0.2) is 10.2 Å². The molecule has 0 atom stereocenters. The van der Waals surface area contributed by atoms with Crippen molar-refractivity contribution in [3.8, 4) is 51.3 Å². The highest BCUT2D eigenvalue weighted by atomic mass is 32.2. The van der Waals surface area contributed by atoms with Gasteiger partial charge in [0, 0.05) is 40.4 Å². The van der Waals surface area contributed by atoms with Gasteiger partial charge in [-0.2, -0.15) is 10.2 Å². The molecule has 252 valence electrons. The molecule has 0 bridgehead atoms. The number of ether oxygens (including phenoxy) is 3. The van der Waals surface area contributed by atoms with Crippen molar-refractivity contribution in [2.75, 3.05) is 0 Å². The third kappa shape index (κ3) is 5.80. The molecule has 12 heteroatoms. The zero-order chi connectivity index (χ0) is 35.0. The Balaban J connectivity index is 0.000000138. The Kier molecular flexibility index (Phi) is 7.90. The molecule has 11 nitrogen and oxygen atoms in total. The van der Waals surface area contributed by atoms with E-state index in [9.17, 15) is 9.59 Å². The van der Waals surface area contributed by atoms with Gasteiger partial charge in [0.1, 0.15) is 46.7 Å². The number of benzene rings is 4. The molecule has 8 aromatic rings. The number of nitrogens with zero attached hydrogens (tertiary/aromatic N) is 4. The van der Waals surface area contributed by atoms with E-state index in [1.165, 1.54) is 4.90 Å². The minimum atomic E-state index is -0.228. The van der Waals surface area contributed by atoms with E-state index in [-0.39, 0.29) is 11.1 Å². The first-order valence-electron chi connectivity index (χ1n) is 16.3. The van der Waals surface area contributed by atoms with Gasteiger partial charge in [-0.05, 0) is 83.9 Å². The van der Waals surface area contributed by atoms with Crippen molar-refractivity contribution in [3.63, 3.8) is 0 Å². The van der Waals surface area contributed by atoms with Crippen LogP contribution in [0.2, 0.25) is 0 Å². The maximum Gasteiger partial charge on any atom is 0.272 e. The van der Waals surface area contributed by atoms with E-state index < -0.39 is 0 Å². The number of aromatic nitrogens is 6. The van der Waals surface area contributed by atoms with Gasteiger partial charge in [-0.3, -0.25) is 19.6 Å². The summed E-state index contributed by atoms with van der Waals surface area (Å²) in [6.07, 6.45) is 6.96. The Morgan fingerprint density at radius 1 is 0.615 bits per heavy atom. The first-order chi connectivity index (χ1) is 25.6. The smallest absolute Gasteiger partial charge is 0.272 e. The van der Waals surface area contributed by atoms with Crippen molar-refractivity contribution in [1.82, 2.24) is 30.4 Å². The number of hydrogen-bond acceptors (Lipinski definition) is 10. The van der Waals surface area contributed by atoms with Crippen LogP contribution in [0.15, 0.2) is 136 Å². The Labute approximate surface area is 299 Å². The lowest BCUT2D eigenvalue weighted by Crippen LogP contribution is -2.12. The Hall–Kier alpha value is -6.79. The van der Waals surface area contributed by atoms with Crippen molar-refractivity contribution >= 4 is 33.3 Å². The van der Waals surface area contributed by atoms with Gasteiger partial charge in [-0.1, -0.05) is 24.3 Å². The van der Waals surface area contributed by atoms with Crippen molar-refractivity contribution in [2.24, 2.45) is 0 Å². The summed E-state index contributed by atoms with van der Waals surface area (Å²) in [7, 11) is 0. The van der Waals surface area contributed by atoms with E-state index >= 15 is 0 Å². The SMILES string of the molecule is O=c1[nH]nc2c3c(cccc13)Oc1ccc(COc3cccnc3)cc1-2.O=c1[nH]nc2c3c(cccc13)Oc1ccc(CSc3ccncc3)cc1-2. The molecule has 6 heterocycles. The average molecular weight is 703 g/mol. The third-order valence-corrected chi connectivity index (χ3v) is 9.77. The van der Waals surface area contributed by atoms with Crippen molar-refractivity contribution < 1.29 is 14.2 Å². The summed E-state index contributed by atoms with van der Waals surface area (Å²) in [5.41, 5.74) is 4.89. The lowest BCUT2D eigenvalue weighted by atomic mass is 9.99. The van der Waals surface area contributed by atoms with Crippen LogP contribution in [-0.2, 0) is 12.4 Å². The van der Waals surface area contributed by atoms with Crippen LogP contribution in [-0.4, -0.2) is 30.4 Å². The molecule has 0 saturated carbocycles. The number of rotatable bonds is 6. The molecule has 2 aliphatic heterocycles. The van der Waals surface area contributed by atoms with Gasteiger partial charge in [0.25, 0.3) is 11.1 Å². The fraction of sp³-hybridized carbons (Fsp3) is 0.0500. The normalized spacial score (nSPS) is 11.8. The van der Waals surface area contributed by atoms with E-state index in [0.717, 1.165) is 50.2 Å². The lowest BCUT2D eigenvalue weighted by Gasteiger charge is -2.20. The molecule has 0 spiro atoms. The summed E-state index contributed by atoms with van der Waals surface area (Å²) in [5, 5.41) is 16.4. The van der Waals surface area contributed by atoms with Crippen LogP contribution in [0.3, 0.4) is 0 Å². The van der Waals surface area contributed by atoms with Crippen molar-refractivity contribution in [3.05, 3.63) is 154 Å². The molecule has 52 heavy (non-hydrogen) atoms. The maximum atomic E-state index is 12.1. The van der Waals surface area contributed by atoms with E-state index in [4.69, 9.17) is 14.2 Å². The van der Waals surface area contributed by atoms with Crippen molar-refractivity contribution in [2.45, 2.75) is 17.3 Å². The molecule has 4 aromatic carbocycles. The van der Waals surface area contributed by atoms with Gasteiger partial charge >= 0.3 is 0 Å². The number of nitrogens with one attached hydrogen (secondary N) is 2. The second kappa shape index (κ2) is 13.2. The summed E-state index contributed by atoms with van der Waals surface area (Å²) >= 11 is 1.75. The monoisotopic (exact) mass is 702 g/mol. The van der Waals surface area contributed by atoms with Crippen LogP contribution < -0.4 is 25.3 Å². The highest BCUT2D eigenvalue weighted by molar-refractivity contribution is 7.98. The average Bonchev–Trinajstić information content (AvgIpc) is 3.19. The molecule has 0 radical (unpaired) electrons. The second-order valence-corrected chi connectivity index (χ2v) is 13.0. The number of aromatic amines is 2. The van der Waals surface area contributed by atoms with Gasteiger partial charge in [-0.15, -0.1) is 11.8 Å². The molecule has 0 saturated heterocycles. The minimum absolute atomic E-state index is 0.206. The molecule has 10 rings (SSSR count). The zero-order valence-corrected chi connectivity index (χ0v) is 28.0. The van der Waals surface area contributed by atoms with Crippen LogP contribution in [0.25, 0.3) is 44.1 Å². The van der Waals surface area contributed by atoms with Crippen LogP contribution in [0.5, 0.6) is 28.7 Å². The van der Waals surface area contributed by atoms with Gasteiger partial charge < -0.3 is 14.2 Å². The second-order valence-electron chi connectivity index (χ2n) is 12.0. The Morgan fingerprint density at radius 3 is 1.85 bits per heavy atom. The van der Waals surface area contributed by atoms with Gasteiger partial charge in [0.2, 0.25) is 0 Å². The van der Waals surface area contributed by atoms with Gasteiger partial charge in [0.05, 0.1) is 27.7 Å². The van der Waals surface area contributed by atoms with Crippen LogP contribution in [0.1, 0.15) is 11.1 Å². The zero-order valence-electron chi connectivity index (χ0n) is 27.2. The summed E-state index contributed by atoms with van der Waals surface area (Å²) < 4.78 is 17.8. The topological polar surface area (TPSA) is 145 Å². The molecule has 4 aromatic heterocycles. The summed E-state index contributed by atoms with van der Waals surface area (Å²) in [5.74, 6) is 4.30. The quantitative estimate of drug-likeness (QED) is 0.163. The maximum absolute atomic E-state index is 12.1. The van der Waals surface area contributed by atoms with Crippen LogP contribution in [0.4, 0.5) is 0 Å². The summed E-state index contributed by atoms with van der Waals surface area (Å²) in [4.78, 5) is 33.4. The summed E-state index contributed by atoms with van der Waals surface area (Å²) in [6, 6.07) is 30.5. The number of thioether (sulfide) groups is 1. The minimum Gasteiger partial charge on any atom is -0.487 e. The number of pyridine rings is 2. The lowest BCUT2D eigenvalue weighted by molar-refractivity contribution is 0.305. The van der Waals surface area contributed by atoms with Crippen LogP contribution in [0, 0.1) is 0 Å². The Bertz CT molecular complexity index is 2570. The van der Waals surface area contributed by atoms with E-state index in [1.54, 1.807) is 54.7 Å². The van der Waals surface area contributed by atoms with E-state index in [0.29, 0.717) is 46.1 Å². The molecule has 2 aliphatic rings. The highest BCUT2D eigenvalue weighted by Crippen LogP contribution is 2.46. The number of hydrogen-bond donors (Lipinski definition) is 2. The molecule has 2 N–H and O–H groups in total. The van der Waals surface area contributed by atoms with E-state index in [1.807, 2.05) is 66.7 Å². The largest absolute Gasteiger partial charge is 0.487 e. The standard InChI is InChI=1S/C20H13N3O3.C20H13N3O2S/c24-20-14-4-1-5-17-18(14)19(22-23-20)15-9-12(6-7-16(15)26-17)11-25-13-3-2-8-21-10-13;24-20-14-2-1-3-17-18(14)19(22-23-20)15-10-12(4-5-16(15)25-17)11-26-13-6-8-21-9-7-13/h2*1-10H,11H2,(H,23,24). The van der Waals surface area contributed by atoms with Gasteiger partial charge in [0.15, 0.2) is 0 Å². The molecule has 0 fully saturated rings. The fourth-order valence-corrected chi connectivity index (χ4v) is 7.08.